The summed E-state index contributed by atoms with van der Waals surface area (Å²) in [6.45, 7) is 3.06. The Balaban J connectivity index is 1.39. The third-order valence-corrected chi connectivity index (χ3v) is 8.16. The van der Waals surface area contributed by atoms with E-state index in [9.17, 15) is 14.9 Å². The molecule has 9 nitrogen and oxygen atoms in total. The maximum absolute atomic E-state index is 12.8. The number of carboxylic acids is 1. The second-order valence-corrected chi connectivity index (χ2v) is 10.5. The number of amides is 1. The minimum atomic E-state index is -0.738. The fraction of sp³-hybridized carbons (Fsp3) is 0.533. The molecule has 0 spiro atoms. The summed E-state index contributed by atoms with van der Waals surface area (Å²) in [6.07, 6.45) is 6.04. The first-order valence-corrected chi connectivity index (χ1v) is 13.6. The normalized spacial score (nSPS) is 24.2. The minimum absolute atomic E-state index is 0.0711. The monoisotopic (exact) mass is 535 g/mol. The standard InChI is InChI=1S/C30H37N3O6/c1-4-22-12-24(28(38-3)16-32-22)23-13-27(25(23)17-37-2)39-26-10-9-20(11-21(26)14-31)29(34)33-15-18-5-7-19(8-6-18)30(35)36/h9-12,16,18-19,23,25,27H,4-8,13,15,17H2,1-3H3,(H,33,34)(H,35,36)/t18-,19-,23?,25-,27?/m0/s1. The number of carbonyl (C=O) groups excluding carboxylic acids is 1. The number of ether oxygens (including phenoxy) is 3. The lowest BCUT2D eigenvalue weighted by Crippen LogP contribution is -2.46. The van der Waals surface area contributed by atoms with E-state index in [1.165, 1.54) is 0 Å². The van der Waals surface area contributed by atoms with Crippen molar-refractivity contribution in [3.05, 3.63) is 52.8 Å². The van der Waals surface area contributed by atoms with Crippen molar-refractivity contribution < 1.29 is 28.9 Å². The van der Waals surface area contributed by atoms with E-state index in [-0.39, 0.29) is 35.7 Å². The average molecular weight is 536 g/mol. The SMILES string of the molecule is CCc1cc(C2CC(Oc3ccc(C(=O)NC[C@H]4CC[C@H](C(=O)O)CC4)cc3C#N)[C@H]2COC)c(OC)cn1. The fourth-order valence-corrected chi connectivity index (χ4v) is 5.71. The molecule has 1 heterocycles. The van der Waals surface area contributed by atoms with Crippen LogP contribution in [-0.4, -0.2) is 55.4 Å². The van der Waals surface area contributed by atoms with E-state index < -0.39 is 5.97 Å². The highest BCUT2D eigenvalue weighted by molar-refractivity contribution is 5.94. The number of nitrogens with zero attached hydrogens (tertiary/aromatic N) is 2. The fourth-order valence-electron chi connectivity index (χ4n) is 5.71. The van der Waals surface area contributed by atoms with Gasteiger partial charge >= 0.3 is 5.97 Å². The molecular formula is C30H37N3O6. The molecule has 0 aliphatic heterocycles. The van der Waals surface area contributed by atoms with Gasteiger partial charge in [0.2, 0.25) is 0 Å². The van der Waals surface area contributed by atoms with Crippen molar-refractivity contribution >= 4 is 11.9 Å². The number of hydrogen-bond acceptors (Lipinski definition) is 7. The molecule has 4 rings (SSSR count). The van der Waals surface area contributed by atoms with Crippen LogP contribution in [0.3, 0.4) is 0 Å². The van der Waals surface area contributed by atoms with Crippen molar-refractivity contribution in [2.75, 3.05) is 27.4 Å². The third-order valence-electron chi connectivity index (χ3n) is 8.16. The summed E-state index contributed by atoms with van der Waals surface area (Å²) in [5.41, 5.74) is 2.79. The van der Waals surface area contributed by atoms with Crippen LogP contribution >= 0.6 is 0 Å². The number of hydrogen-bond donors (Lipinski definition) is 2. The van der Waals surface area contributed by atoms with Crippen LogP contribution in [0.4, 0.5) is 0 Å². The van der Waals surface area contributed by atoms with Crippen molar-refractivity contribution in [3.8, 4) is 17.6 Å². The summed E-state index contributed by atoms with van der Waals surface area (Å²) < 4.78 is 17.4. The van der Waals surface area contributed by atoms with Gasteiger partial charge in [0, 0.05) is 36.4 Å². The minimum Gasteiger partial charge on any atom is -0.495 e. The van der Waals surface area contributed by atoms with E-state index >= 15 is 0 Å². The van der Waals surface area contributed by atoms with E-state index in [0.29, 0.717) is 42.9 Å². The van der Waals surface area contributed by atoms with Gasteiger partial charge in [-0.1, -0.05) is 6.92 Å². The molecular weight excluding hydrogens is 498 g/mol. The lowest BCUT2D eigenvalue weighted by Gasteiger charge is -2.44. The number of aromatic nitrogens is 1. The molecule has 0 radical (unpaired) electrons. The molecule has 1 aromatic carbocycles. The van der Waals surface area contributed by atoms with E-state index in [4.69, 9.17) is 19.3 Å². The molecule has 0 bridgehead atoms. The van der Waals surface area contributed by atoms with Gasteiger partial charge in [-0.3, -0.25) is 14.6 Å². The van der Waals surface area contributed by atoms with Gasteiger partial charge in [0.15, 0.2) is 0 Å². The number of aryl methyl sites for hydroxylation is 1. The second kappa shape index (κ2) is 12.9. The van der Waals surface area contributed by atoms with E-state index in [1.54, 1.807) is 38.6 Å². The molecule has 2 aliphatic rings. The number of benzene rings is 1. The van der Waals surface area contributed by atoms with Crippen LogP contribution in [0.2, 0.25) is 0 Å². The molecule has 0 saturated heterocycles. The van der Waals surface area contributed by atoms with Gasteiger partial charge in [-0.05, 0) is 74.6 Å². The molecule has 1 aromatic heterocycles. The van der Waals surface area contributed by atoms with Gasteiger partial charge in [0.1, 0.15) is 23.7 Å². The zero-order valence-corrected chi connectivity index (χ0v) is 22.8. The highest BCUT2D eigenvalue weighted by Gasteiger charge is 2.45. The molecule has 3 atom stereocenters. The Morgan fingerprint density at radius 2 is 1.92 bits per heavy atom. The smallest absolute Gasteiger partial charge is 0.306 e. The maximum atomic E-state index is 12.8. The first-order valence-electron chi connectivity index (χ1n) is 13.6. The predicted molar refractivity (Wildman–Crippen MR) is 144 cm³/mol. The Labute approximate surface area is 229 Å². The number of aliphatic carboxylic acids is 1. The number of nitrogens with one attached hydrogen (secondary N) is 1. The van der Waals surface area contributed by atoms with Crippen LogP contribution in [0.1, 0.15) is 72.1 Å². The second-order valence-electron chi connectivity index (χ2n) is 10.5. The lowest BCUT2D eigenvalue weighted by atomic mass is 9.67. The van der Waals surface area contributed by atoms with E-state index in [1.807, 2.05) is 0 Å². The topological polar surface area (TPSA) is 131 Å². The van der Waals surface area contributed by atoms with Crippen molar-refractivity contribution in [2.24, 2.45) is 17.8 Å². The van der Waals surface area contributed by atoms with Crippen LogP contribution in [0, 0.1) is 29.1 Å². The number of methoxy groups -OCH3 is 2. The highest BCUT2D eigenvalue weighted by atomic mass is 16.5. The molecule has 2 aromatic rings. The molecule has 2 fully saturated rings. The Hall–Kier alpha value is -3.64. The van der Waals surface area contributed by atoms with Crippen molar-refractivity contribution in [2.45, 2.75) is 57.5 Å². The number of nitriles is 1. The first-order chi connectivity index (χ1) is 18.9. The first kappa shape index (κ1) is 28.4. The number of pyridine rings is 1. The van der Waals surface area contributed by atoms with Crippen LogP contribution in [0.5, 0.6) is 11.5 Å². The summed E-state index contributed by atoms with van der Waals surface area (Å²) in [5, 5.41) is 21.9. The van der Waals surface area contributed by atoms with Crippen molar-refractivity contribution in [3.63, 3.8) is 0 Å². The number of carbonyl (C=O) groups is 2. The van der Waals surface area contributed by atoms with Crippen LogP contribution in [0.25, 0.3) is 0 Å². The van der Waals surface area contributed by atoms with Gasteiger partial charge < -0.3 is 24.6 Å². The van der Waals surface area contributed by atoms with Crippen molar-refractivity contribution in [1.29, 1.82) is 5.26 Å². The molecule has 39 heavy (non-hydrogen) atoms. The maximum Gasteiger partial charge on any atom is 0.306 e. The molecule has 2 saturated carbocycles. The molecule has 2 N–H and O–H groups in total. The van der Waals surface area contributed by atoms with E-state index in [0.717, 1.165) is 42.7 Å². The Kier molecular flexibility index (Phi) is 9.41. The average Bonchev–Trinajstić information content (AvgIpc) is 2.96. The summed E-state index contributed by atoms with van der Waals surface area (Å²) in [4.78, 5) is 28.4. The molecule has 208 valence electrons. The van der Waals surface area contributed by atoms with Gasteiger partial charge in [0.25, 0.3) is 5.91 Å². The number of carboxylic acid groups (broad SMARTS) is 1. The van der Waals surface area contributed by atoms with E-state index in [2.05, 4.69) is 29.4 Å². The predicted octanol–water partition coefficient (Wildman–Crippen LogP) is 4.34. The molecule has 2 aliphatic carbocycles. The van der Waals surface area contributed by atoms with Crippen molar-refractivity contribution in [1.82, 2.24) is 10.3 Å². The zero-order chi connectivity index (χ0) is 27.9. The largest absolute Gasteiger partial charge is 0.495 e. The number of rotatable bonds is 11. The quantitative estimate of drug-likeness (QED) is 0.434. The van der Waals surface area contributed by atoms with Crippen LogP contribution < -0.4 is 14.8 Å². The zero-order valence-electron chi connectivity index (χ0n) is 22.8. The highest BCUT2D eigenvalue weighted by Crippen LogP contribution is 2.48. The van der Waals surface area contributed by atoms with Gasteiger partial charge in [0.05, 0.1) is 31.4 Å². The van der Waals surface area contributed by atoms with Crippen LogP contribution in [0.15, 0.2) is 30.5 Å². The molecule has 9 heteroatoms. The molecule has 2 unspecified atom stereocenters. The Morgan fingerprint density at radius 3 is 2.56 bits per heavy atom. The Bertz CT molecular complexity index is 1220. The summed E-state index contributed by atoms with van der Waals surface area (Å²) in [5.74, 6) is 0.438. The third kappa shape index (κ3) is 6.51. The summed E-state index contributed by atoms with van der Waals surface area (Å²) in [6, 6.07) is 9.18. The van der Waals surface area contributed by atoms with Gasteiger partial charge in [-0.2, -0.15) is 5.26 Å². The summed E-state index contributed by atoms with van der Waals surface area (Å²) in [7, 11) is 3.31. The summed E-state index contributed by atoms with van der Waals surface area (Å²) >= 11 is 0. The van der Waals surface area contributed by atoms with Crippen LogP contribution in [-0.2, 0) is 16.0 Å². The lowest BCUT2D eigenvalue weighted by molar-refractivity contribution is -0.143. The van der Waals surface area contributed by atoms with Gasteiger partial charge in [-0.15, -0.1) is 0 Å². The van der Waals surface area contributed by atoms with Gasteiger partial charge in [-0.25, -0.2) is 0 Å². The Morgan fingerprint density at radius 1 is 1.15 bits per heavy atom. The molecule has 1 amide bonds.